The number of nitrogens with one attached hydrogen (secondary N) is 1. The molecule has 3 aliphatic rings. The number of piperazine rings is 1. The number of ether oxygens (including phenoxy) is 2. The number of hydrogen-bond acceptors (Lipinski definition) is 5. The zero-order valence-electron chi connectivity index (χ0n) is 18.8. The molecule has 3 aliphatic heterocycles. The summed E-state index contributed by atoms with van der Waals surface area (Å²) in [5.74, 6) is 0.699. The Morgan fingerprint density at radius 3 is 2.56 bits per heavy atom. The molecule has 0 saturated carbocycles. The van der Waals surface area contributed by atoms with Gasteiger partial charge in [0.15, 0.2) is 5.96 Å². The zero-order valence-corrected chi connectivity index (χ0v) is 18.8. The molecule has 4 rings (SSSR count). The third-order valence-electron chi connectivity index (χ3n) is 6.48. The van der Waals surface area contributed by atoms with Crippen LogP contribution in [-0.2, 0) is 14.3 Å². The van der Waals surface area contributed by atoms with Gasteiger partial charge < -0.3 is 24.6 Å². The summed E-state index contributed by atoms with van der Waals surface area (Å²) in [5.41, 5.74) is 0.946. The fraction of sp³-hybridized carbons (Fsp3) is 0.652. The van der Waals surface area contributed by atoms with E-state index in [9.17, 15) is 9.18 Å². The van der Waals surface area contributed by atoms with Crippen LogP contribution in [-0.4, -0.2) is 105 Å². The zero-order chi connectivity index (χ0) is 22.3. The smallest absolute Gasteiger partial charge is 0.251 e. The standard InChI is InChI=1S/C23H34FN5O3/c1-25-23(29-9-7-28(8-10-29)22(30)21-6-3-13-32-21)26-17-20(27-11-14-31-15-12-27)18-4-2-5-19(24)16-18/h2,4-5,16,20-21H,3,6-15,17H2,1H3,(H,25,26). The van der Waals surface area contributed by atoms with Gasteiger partial charge in [-0.25, -0.2) is 4.39 Å². The van der Waals surface area contributed by atoms with Crippen molar-refractivity contribution < 1.29 is 18.7 Å². The van der Waals surface area contributed by atoms with Crippen LogP contribution in [0, 0.1) is 5.82 Å². The minimum absolute atomic E-state index is 0.0220. The molecule has 1 aromatic rings. The van der Waals surface area contributed by atoms with E-state index < -0.39 is 0 Å². The van der Waals surface area contributed by atoms with E-state index in [0.29, 0.717) is 39.5 Å². The Morgan fingerprint density at radius 1 is 1.16 bits per heavy atom. The van der Waals surface area contributed by atoms with Crippen molar-refractivity contribution in [3.8, 4) is 0 Å². The van der Waals surface area contributed by atoms with Crippen LogP contribution >= 0.6 is 0 Å². The largest absolute Gasteiger partial charge is 0.379 e. The lowest BCUT2D eigenvalue weighted by Gasteiger charge is -2.39. The van der Waals surface area contributed by atoms with Gasteiger partial charge in [0.1, 0.15) is 11.9 Å². The third-order valence-corrected chi connectivity index (χ3v) is 6.48. The predicted molar refractivity (Wildman–Crippen MR) is 120 cm³/mol. The summed E-state index contributed by atoms with van der Waals surface area (Å²) in [6.45, 7) is 7.06. The van der Waals surface area contributed by atoms with E-state index in [1.165, 1.54) is 6.07 Å². The fourth-order valence-electron chi connectivity index (χ4n) is 4.70. The Morgan fingerprint density at radius 2 is 1.91 bits per heavy atom. The second kappa shape index (κ2) is 11.1. The molecule has 0 aromatic heterocycles. The lowest BCUT2D eigenvalue weighted by molar-refractivity contribution is -0.142. The Bertz CT molecular complexity index is 788. The van der Waals surface area contributed by atoms with Gasteiger partial charge in [-0.2, -0.15) is 0 Å². The number of guanidine groups is 1. The molecule has 2 unspecified atom stereocenters. The number of benzene rings is 1. The minimum Gasteiger partial charge on any atom is -0.379 e. The molecule has 0 aliphatic carbocycles. The van der Waals surface area contributed by atoms with Gasteiger partial charge in [-0.1, -0.05) is 12.1 Å². The molecule has 8 nitrogen and oxygen atoms in total. The summed E-state index contributed by atoms with van der Waals surface area (Å²) >= 11 is 0. The van der Waals surface area contributed by atoms with Crippen LogP contribution in [0.15, 0.2) is 29.3 Å². The maximum absolute atomic E-state index is 13.9. The lowest BCUT2D eigenvalue weighted by atomic mass is 10.0. The molecule has 0 spiro atoms. The van der Waals surface area contributed by atoms with E-state index in [0.717, 1.165) is 50.5 Å². The molecular weight excluding hydrogens is 413 g/mol. The highest BCUT2D eigenvalue weighted by Gasteiger charge is 2.31. The van der Waals surface area contributed by atoms with Crippen molar-refractivity contribution in [2.45, 2.75) is 25.0 Å². The van der Waals surface area contributed by atoms with Crippen molar-refractivity contribution in [1.82, 2.24) is 20.0 Å². The van der Waals surface area contributed by atoms with Crippen LogP contribution in [0.4, 0.5) is 4.39 Å². The van der Waals surface area contributed by atoms with Crippen LogP contribution in [0.25, 0.3) is 0 Å². The number of aliphatic imine (C=N–C) groups is 1. The molecule has 0 bridgehead atoms. The van der Waals surface area contributed by atoms with Gasteiger partial charge in [-0.05, 0) is 30.5 Å². The average molecular weight is 448 g/mol. The summed E-state index contributed by atoms with van der Waals surface area (Å²) in [5, 5.41) is 3.50. The van der Waals surface area contributed by atoms with Gasteiger partial charge in [-0.3, -0.25) is 14.7 Å². The van der Waals surface area contributed by atoms with Crippen molar-refractivity contribution in [3.05, 3.63) is 35.6 Å². The molecule has 0 radical (unpaired) electrons. The molecule has 176 valence electrons. The van der Waals surface area contributed by atoms with Gasteiger partial charge >= 0.3 is 0 Å². The number of nitrogens with zero attached hydrogens (tertiary/aromatic N) is 4. The fourth-order valence-corrected chi connectivity index (χ4v) is 4.70. The summed E-state index contributed by atoms with van der Waals surface area (Å²) < 4.78 is 25.0. The minimum atomic E-state index is -0.264. The first-order chi connectivity index (χ1) is 15.7. The van der Waals surface area contributed by atoms with Crippen LogP contribution in [0.2, 0.25) is 0 Å². The summed E-state index contributed by atoms with van der Waals surface area (Å²) in [7, 11) is 1.78. The van der Waals surface area contributed by atoms with Crippen LogP contribution in [0.5, 0.6) is 0 Å². The Labute approximate surface area is 189 Å². The van der Waals surface area contributed by atoms with Crippen LogP contribution in [0.1, 0.15) is 24.4 Å². The van der Waals surface area contributed by atoms with E-state index in [4.69, 9.17) is 9.47 Å². The van der Waals surface area contributed by atoms with E-state index in [-0.39, 0.29) is 23.9 Å². The summed E-state index contributed by atoms with van der Waals surface area (Å²) in [6.07, 6.45) is 1.52. The number of amides is 1. The number of carbonyl (C=O) groups is 1. The average Bonchev–Trinajstić information content (AvgIpc) is 3.37. The number of hydrogen-bond donors (Lipinski definition) is 1. The van der Waals surface area contributed by atoms with Crippen LogP contribution < -0.4 is 5.32 Å². The Balaban J connectivity index is 1.35. The predicted octanol–water partition coefficient (Wildman–Crippen LogP) is 1.10. The monoisotopic (exact) mass is 447 g/mol. The lowest BCUT2D eigenvalue weighted by Crippen LogP contribution is -2.56. The van der Waals surface area contributed by atoms with Crippen molar-refractivity contribution in [2.75, 3.05) is 72.7 Å². The maximum atomic E-state index is 13.9. The van der Waals surface area contributed by atoms with Gasteiger partial charge in [0.05, 0.1) is 19.3 Å². The van der Waals surface area contributed by atoms with Gasteiger partial charge in [0.25, 0.3) is 5.91 Å². The number of rotatable bonds is 5. The molecule has 3 fully saturated rings. The van der Waals surface area contributed by atoms with E-state index in [2.05, 4.69) is 20.1 Å². The normalized spacial score (nSPS) is 23.9. The third kappa shape index (κ3) is 5.57. The first kappa shape index (κ1) is 22.9. The van der Waals surface area contributed by atoms with Crippen molar-refractivity contribution in [1.29, 1.82) is 0 Å². The second-order valence-electron chi connectivity index (χ2n) is 8.46. The number of halogens is 1. The quantitative estimate of drug-likeness (QED) is 0.539. The van der Waals surface area contributed by atoms with Gasteiger partial charge in [0.2, 0.25) is 0 Å². The highest BCUT2D eigenvalue weighted by molar-refractivity contribution is 5.82. The molecule has 32 heavy (non-hydrogen) atoms. The van der Waals surface area contributed by atoms with Crippen molar-refractivity contribution in [3.63, 3.8) is 0 Å². The highest BCUT2D eigenvalue weighted by atomic mass is 19.1. The van der Waals surface area contributed by atoms with E-state index in [1.807, 2.05) is 11.0 Å². The molecule has 3 heterocycles. The summed E-state index contributed by atoms with van der Waals surface area (Å²) in [6, 6.07) is 6.85. The topological polar surface area (TPSA) is 69.6 Å². The molecule has 2 atom stereocenters. The maximum Gasteiger partial charge on any atom is 0.251 e. The van der Waals surface area contributed by atoms with E-state index in [1.54, 1.807) is 19.2 Å². The molecule has 3 saturated heterocycles. The molecular formula is C23H34FN5O3. The molecule has 1 N–H and O–H groups in total. The first-order valence-electron chi connectivity index (χ1n) is 11.6. The number of carbonyl (C=O) groups excluding carboxylic acids is 1. The molecule has 9 heteroatoms. The first-order valence-corrected chi connectivity index (χ1v) is 11.6. The second-order valence-corrected chi connectivity index (χ2v) is 8.46. The summed E-state index contributed by atoms with van der Waals surface area (Å²) in [4.78, 5) is 23.5. The van der Waals surface area contributed by atoms with Crippen molar-refractivity contribution >= 4 is 11.9 Å². The SMILES string of the molecule is CN=C(NCC(c1cccc(F)c1)N1CCOCC1)N1CCN(C(=O)C2CCCO2)CC1. The molecule has 1 aromatic carbocycles. The van der Waals surface area contributed by atoms with Gasteiger partial charge in [0, 0.05) is 59.5 Å². The Hall–Kier alpha value is -2.23. The molecule has 1 amide bonds. The van der Waals surface area contributed by atoms with Crippen molar-refractivity contribution in [2.24, 2.45) is 4.99 Å². The Kier molecular flexibility index (Phi) is 7.94. The van der Waals surface area contributed by atoms with Crippen LogP contribution in [0.3, 0.4) is 0 Å². The highest BCUT2D eigenvalue weighted by Crippen LogP contribution is 2.22. The van der Waals surface area contributed by atoms with Gasteiger partial charge in [-0.15, -0.1) is 0 Å². The number of morpholine rings is 1. The van der Waals surface area contributed by atoms with E-state index >= 15 is 0 Å².